The lowest BCUT2D eigenvalue weighted by atomic mass is 10.3. The van der Waals surface area contributed by atoms with Gasteiger partial charge >= 0.3 is 0 Å². The number of amides is 1. The number of benzene rings is 1. The molecule has 1 N–H and O–H groups in total. The van der Waals surface area contributed by atoms with Crippen molar-refractivity contribution in [3.63, 3.8) is 0 Å². The Morgan fingerprint density at radius 2 is 1.96 bits per heavy atom. The van der Waals surface area contributed by atoms with Gasteiger partial charge in [-0.05, 0) is 46.3 Å². The molecule has 0 bridgehead atoms. The van der Waals surface area contributed by atoms with Crippen LogP contribution in [0.3, 0.4) is 0 Å². The third-order valence-electron chi connectivity index (χ3n) is 3.72. The molecular weight excluding hydrogens is 429 g/mol. The summed E-state index contributed by atoms with van der Waals surface area (Å²) in [6.45, 7) is 0.818. The Labute approximate surface area is 158 Å². The Hall–Kier alpha value is -1.88. The number of aromatic nitrogens is 1. The molecule has 7 nitrogen and oxygen atoms in total. The van der Waals surface area contributed by atoms with E-state index < -0.39 is 26.6 Å². The van der Waals surface area contributed by atoms with Crippen LogP contribution in [-0.4, -0.2) is 49.9 Å². The minimum Gasteiger partial charge on any atom is -0.379 e. The molecule has 1 saturated heterocycles. The maximum atomic E-state index is 14.2. The van der Waals surface area contributed by atoms with Gasteiger partial charge in [-0.1, -0.05) is 6.07 Å². The smallest absolute Gasteiger partial charge is 0.274 e. The molecule has 1 aliphatic rings. The molecule has 1 aliphatic heterocycles. The molecule has 0 spiro atoms. The molecule has 10 heteroatoms. The molecule has 0 unspecified atom stereocenters. The van der Waals surface area contributed by atoms with Gasteiger partial charge in [-0.15, -0.1) is 0 Å². The maximum Gasteiger partial charge on any atom is 0.274 e. The van der Waals surface area contributed by atoms with E-state index in [1.54, 1.807) is 12.1 Å². The lowest BCUT2D eigenvalue weighted by Gasteiger charge is -2.26. The average Bonchev–Trinajstić information content (AvgIpc) is 2.64. The number of hydrogen-bond donors (Lipinski definition) is 1. The first kappa shape index (κ1) is 18.9. The lowest BCUT2D eigenvalue weighted by molar-refractivity contribution is 0.0729. The topological polar surface area (TPSA) is 88.6 Å². The van der Waals surface area contributed by atoms with Crippen LogP contribution in [0.5, 0.6) is 0 Å². The van der Waals surface area contributed by atoms with Crippen LogP contribution in [0.15, 0.2) is 45.9 Å². The van der Waals surface area contributed by atoms with Gasteiger partial charge in [0, 0.05) is 18.8 Å². The normalized spacial score (nSPS) is 15.6. The predicted octanol–water partition coefficient (Wildman–Crippen LogP) is 2.26. The largest absolute Gasteiger partial charge is 0.379 e. The summed E-state index contributed by atoms with van der Waals surface area (Å²) in [4.78, 5) is 15.8. The zero-order valence-corrected chi connectivity index (χ0v) is 15.9. The molecule has 0 aliphatic carbocycles. The molecule has 1 fully saturated rings. The number of hydrogen-bond acceptors (Lipinski definition) is 5. The van der Waals surface area contributed by atoms with Gasteiger partial charge < -0.3 is 10.1 Å². The fraction of sp³-hybridized carbons (Fsp3) is 0.250. The summed E-state index contributed by atoms with van der Waals surface area (Å²) in [5.74, 6) is -1.41. The molecule has 1 amide bonds. The number of carbonyl (C=O) groups is 1. The number of halogens is 2. The third-order valence-corrected chi connectivity index (χ3v) is 6.08. The number of pyridine rings is 1. The van der Waals surface area contributed by atoms with Gasteiger partial charge in [-0.2, -0.15) is 4.31 Å². The highest BCUT2D eigenvalue weighted by molar-refractivity contribution is 9.10. The number of ether oxygens (including phenoxy) is 1. The quantitative estimate of drug-likeness (QED) is 0.732. The molecule has 26 heavy (non-hydrogen) atoms. The van der Waals surface area contributed by atoms with Crippen molar-refractivity contribution in [1.82, 2.24) is 9.29 Å². The van der Waals surface area contributed by atoms with Crippen LogP contribution in [0.1, 0.15) is 10.5 Å². The Morgan fingerprint density at radius 1 is 1.23 bits per heavy atom. The number of nitrogens with zero attached hydrogens (tertiary/aromatic N) is 2. The summed E-state index contributed by atoms with van der Waals surface area (Å²) in [5.41, 5.74) is 0.297. The van der Waals surface area contributed by atoms with Crippen molar-refractivity contribution in [2.75, 3.05) is 31.6 Å². The molecule has 1 aromatic carbocycles. The standard InChI is InChI=1S/C16H15BrFN3O4S/c17-15-3-1-2-13(20-15)16(22)19-11-4-5-12(18)14(10-11)26(23,24)21-6-8-25-9-7-21/h1-5,10H,6-9H2,(H,19,22). The lowest BCUT2D eigenvalue weighted by Crippen LogP contribution is -2.40. The van der Waals surface area contributed by atoms with Crippen LogP contribution < -0.4 is 5.32 Å². The first-order valence-corrected chi connectivity index (χ1v) is 9.92. The van der Waals surface area contributed by atoms with E-state index in [1.807, 2.05) is 0 Å². The fourth-order valence-electron chi connectivity index (χ4n) is 2.43. The van der Waals surface area contributed by atoms with Crippen molar-refractivity contribution in [1.29, 1.82) is 0 Å². The molecular formula is C16H15BrFN3O4S. The number of rotatable bonds is 4. The Morgan fingerprint density at radius 3 is 2.65 bits per heavy atom. The highest BCUT2D eigenvalue weighted by Gasteiger charge is 2.29. The van der Waals surface area contributed by atoms with Gasteiger partial charge in [0.05, 0.1) is 13.2 Å². The van der Waals surface area contributed by atoms with Crippen LogP contribution in [0.25, 0.3) is 0 Å². The van der Waals surface area contributed by atoms with E-state index >= 15 is 0 Å². The van der Waals surface area contributed by atoms with Crippen LogP contribution >= 0.6 is 15.9 Å². The van der Waals surface area contributed by atoms with Crippen molar-refractivity contribution >= 4 is 37.5 Å². The SMILES string of the molecule is O=C(Nc1ccc(F)c(S(=O)(=O)N2CCOCC2)c1)c1cccc(Br)n1. The highest BCUT2D eigenvalue weighted by Crippen LogP contribution is 2.24. The summed E-state index contributed by atoms with van der Waals surface area (Å²) in [7, 11) is -4.02. The maximum absolute atomic E-state index is 14.2. The molecule has 0 saturated carbocycles. The van der Waals surface area contributed by atoms with Gasteiger partial charge in [0.25, 0.3) is 5.91 Å². The van der Waals surface area contributed by atoms with Crippen LogP contribution in [-0.2, 0) is 14.8 Å². The molecule has 2 heterocycles. The monoisotopic (exact) mass is 443 g/mol. The Balaban J connectivity index is 1.86. The summed E-state index contributed by atoms with van der Waals surface area (Å²) in [6, 6.07) is 8.23. The number of morpholine rings is 1. The van der Waals surface area contributed by atoms with Crippen molar-refractivity contribution in [2.24, 2.45) is 0 Å². The van der Waals surface area contributed by atoms with Crippen LogP contribution in [0, 0.1) is 5.82 Å². The van der Waals surface area contributed by atoms with E-state index in [-0.39, 0.29) is 37.7 Å². The van der Waals surface area contributed by atoms with Crippen LogP contribution in [0.4, 0.5) is 10.1 Å². The van der Waals surface area contributed by atoms with E-state index in [0.717, 1.165) is 16.4 Å². The average molecular weight is 444 g/mol. The first-order chi connectivity index (χ1) is 12.4. The summed E-state index contributed by atoms with van der Waals surface area (Å²) >= 11 is 3.17. The third kappa shape index (κ3) is 4.09. The van der Waals surface area contributed by atoms with E-state index in [4.69, 9.17) is 4.74 Å². The second-order valence-corrected chi connectivity index (χ2v) is 8.18. The van der Waals surface area contributed by atoms with Crippen molar-refractivity contribution in [3.8, 4) is 0 Å². The van der Waals surface area contributed by atoms with E-state index in [1.165, 1.54) is 12.1 Å². The summed E-state index contributed by atoms with van der Waals surface area (Å²) in [5, 5.41) is 2.53. The van der Waals surface area contributed by atoms with Gasteiger partial charge in [-0.3, -0.25) is 4.79 Å². The number of anilines is 1. The van der Waals surface area contributed by atoms with Gasteiger partial charge in [0.15, 0.2) is 0 Å². The first-order valence-electron chi connectivity index (χ1n) is 7.69. The van der Waals surface area contributed by atoms with Gasteiger partial charge in [-0.25, -0.2) is 17.8 Å². The van der Waals surface area contributed by atoms with Crippen molar-refractivity contribution in [2.45, 2.75) is 4.90 Å². The van der Waals surface area contributed by atoms with Crippen LogP contribution in [0.2, 0.25) is 0 Å². The highest BCUT2D eigenvalue weighted by atomic mass is 79.9. The minimum absolute atomic E-state index is 0.140. The molecule has 0 radical (unpaired) electrons. The zero-order chi connectivity index (χ0) is 18.7. The van der Waals surface area contributed by atoms with Crippen molar-refractivity contribution in [3.05, 3.63) is 52.5 Å². The second kappa shape index (κ2) is 7.78. The number of nitrogens with one attached hydrogen (secondary N) is 1. The van der Waals surface area contributed by atoms with E-state index in [9.17, 15) is 17.6 Å². The zero-order valence-electron chi connectivity index (χ0n) is 13.5. The van der Waals surface area contributed by atoms with E-state index in [0.29, 0.717) is 4.60 Å². The molecule has 0 atom stereocenters. The minimum atomic E-state index is -4.02. The molecule has 138 valence electrons. The van der Waals surface area contributed by atoms with E-state index in [2.05, 4.69) is 26.2 Å². The van der Waals surface area contributed by atoms with Gasteiger partial charge in [0.1, 0.15) is 21.0 Å². The summed E-state index contributed by atoms with van der Waals surface area (Å²) < 4.78 is 46.3. The second-order valence-electron chi connectivity index (χ2n) is 5.46. The van der Waals surface area contributed by atoms with Crippen molar-refractivity contribution < 1.29 is 22.3 Å². The molecule has 2 aromatic rings. The Bertz CT molecular complexity index is 933. The molecule has 1 aromatic heterocycles. The summed E-state index contributed by atoms with van der Waals surface area (Å²) in [6.07, 6.45) is 0. The Kier molecular flexibility index (Phi) is 5.66. The fourth-order valence-corrected chi connectivity index (χ4v) is 4.28. The van der Waals surface area contributed by atoms with Gasteiger partial charge in [0.2, 0.25) is 10.0 Å². The number of sulfonamides is 1. The number of carbonyl (C=O) groups excluding carboxylic acids is 1. The predicted molar refractivity (Wildman–Crippen MR) is 95.9 cm³/mol. The molecule has 3 rings (SSSR count).